The molecule has 1 aromatic heterocycles. The third-order valence-electron chi connectivity index (χ3n) is 6.36. The highest BCUT2D eigenvalue weighted by Crippen LogP contribution is 2.47. The zero-order valence-electron chi connectivity index (χ0n) is 15.9. The average molecular weight is 395 g/mol. The van der Waals surface area contributed by atoms with E-state index in [2.05, 4.69) is 4.98 Å². The van der Waals surface area contributed by atoms with Crippen LogP contribution in [0.3, 0.4) is 0 Å². The number of aromatic nitrogens is 1. The van der Waals surface area contributed by atoms with Crippen LogP contribution in [0.1, 0.15) is 45.4 Å². The summed E-state index contributed by atoms with van der Waals surface area (Å²) < 4.78 is 11.4. The number of rotatable bonds is 4. The van der Waals surface area contributed by atoms with Gasteiger partial charge >= 0.3 is 0 Å². The lowest BCUT2D eigenvalue weighted by atomic mass is 9.66. The van der Waals surface area contributed by atoms with Crippen molar-refractivity contribution in [3.63, 3.8) is 0 Å². The van der Waals surface area contributed by atoms with Gasteiger partial charge in [0.05, 0.1) is 17.7 Å². The Kier molecular flexibility index (Phi) is 4.75. The number of aliphatic hydroxyl groups is 1. The van der Waals surface area contributed by atoms with Gasteiger partial charge in [-0.1, -0.05) is 11.6 Å². The summed E-state index contributed by atoms with van der Waals surface area (Å²) in [6.45, 7) is 3.50. The van der Waals surface area contributed by atoms with Crippen LogP contribution in [0.15, 0.2) is 12.3 Å². The second-order valence-electron chi connectivity index (χ2n) is 8.77. The van der Waals surface area contributed by atoms with Crippen LogP contribution in [-0.2, 0) is 4.79 Å². The molecule has 1 amide bonds. The van der Waals surface area contributed by atoms with Crippen LogP contribution in [0.5, 0.6) is 11.6 Å². The first kappa shape index (κ1) is 18.8. The highest BCUT2D eigenvalue weighted by atomic mass is 35.5. The van der Waals surface area contributed by atoms with Crippen LogP contribution in [0.4, 0.5) is 0 Å². The number of hydrogen-bond donors (Lipinski definition) is 1. The van der Waals surface area contributed by atoms with Gasteiger partial charge in [-0.2, -0.15) is 0 Å². The van der Waals surface area contributed by atoms with Crippen molar-refractivity contribution in [1.29, 1.82) is 0 Å². The molecule has 0 radical (unpaired) electrons. The number of ether oxygens (including phenoxy) is 2. The Morgan fingerprint density at radius 2 is 2.00 bits per heavy atom. The summed E-state index contributed by atoms with van der Waals surface area (Å²) in [5.41, 5.74) is -0.395. The molecular weight excluding hydrogens is 368 g/mol. The zero-order chi connectivity index (χ0) is 19.2. The van der Waals surface area contributed by atoms with Crippen LogP contribution >= 0.6 is 11.6 Å². The monoisotopic (exact) mass is 394 g/mol. The SMILES string of the molecule is COc1cc(Cl)cnc1OC1CCC2(CC1)CN(C(=O)[C@H]1C[C@@](C)(O)C1)C2. The van der Waals surface area contributed by atoms with E-state index in [-0.39, 0.29) is 23.3 Å². The summed E-state index contributed by atoms with van der Waals surface area (Å²) in [4.78, 5) is 18.7. The van der Waals surface area contributed by atoms with Crippen molar-refractivity contribution in [3.05, 3.63) is 17.3 Å². The largest absolute Gasteiger partial charge is 0.491 e. The maximum atomic E-state index is 12.5. The van der Waals surface area contributed by atoms with E-state index in [1.807, 2.05) is 4.90 Å². The van der Waals surface area contributed by atoms with Gasteiger partial charge in [0.1, 0.15) is 6.10 Å². The number of carbonyl (C=O) groups excluding carboxylic acids is 1. The van der Waals surface area contributed by atoms with Gasteiger partial charge in [-0.25, -0.2) is 4.98 Å². The van der Waals surface area contributed by atoms with Gasteiger partial charge in [0.15, 0.2) is 5.75 Å². The molecule has 3 fully saturated rings. The molecule has 0 bridgehead atoms. The Morgan fingerprint density at radius 3 is 2.59 bits per heavy atom. The first-order valence-corrected chi connectivity index (χ1v) is 10.0. The van der Waals surface area contributed by atoms with Crippen molar-refractivity contribution in [1.82, 2.24) is 9.88 Å². The number of pyridine rings is 1. The van der Waals surface area contributed by atoms with Crippen molar-refractivity contribution in [2.24, 2.45) is 11.3 Å². The fourth-order valence-corrected chi connectivity index (χ4v) is 4.94. The van der Waals surface area contributed by atoms with E-state index >= 15 is 0 Å². The molecule has 6 nitrogen and oxygen atoms in total. The molecule has 1 aliphatic heterocycles. The van der Waals surface area contributed by atoms with Crippen LogP contribution in [0.2, 0.25) is 5.02 Å². The van der Waals surface area contributed by atoms with Gasteiger partial charge in [-0.3, -0.25) is 4.79 Å². The molecule has 0 unspecified atom stereocenters. The Bertz CT molecular complexity index is 715. The lowest BCUT2D eigenvalue weighted by Gasteiger charge is -2.55. The Labute approximate surface area is 164 Å². The molecule has 27 heavy (non-hydrogen) atoms. The predicted octanol–water partition coefficient (Wildman–Crippen LogP) is 3.05. The predicted molar refractivity (Wildman–Crippen MR) is 101 cm³/mol. The fourth-order valence-electron chi connectivity index (χ4n) is 4.79. The first-order chi connectivity index (χ1) is 12.8. The molecule has 1 spiro atoms. The van der Waals surface area contributed by atoms with Gasteiger partial charge in [0, 0.05) is 36.7 Å². The van der Waals surface area contributed by atoms with Gasteiger partial charge in [-0.15, -0.1) is 0 Å². The van der Waals surface area contributed by atoms with Crippen molar-refractivity contribution < 1.29 is 19.4 Å². The molecule has 2 aliphatic carbocycles. The summed E-state index contributed by atoms with van der Waals surface area (Å²) in [6, 6.07) is 1.71. The van der Waals surface area contributed by atoms with E-state index < -0.39 is 5.60 Å². The highest BCUT2D eigenvalue weighted by Gasteiger charge is 2.51. The number of halogens is 1. The number of nitrogens with zero attached hydrogens (tertiary/aromatic N) is 2. The van der Waals surface area contributed by atoms with Crippen LogP contribution in [0, 0.1) is 11.3 Å². The summed E-state index contributed by atoms with van der Waals surface area (Å²) in [7, 11) is 1.58. The summed E-state index contributed by atoms with van der Waals surface area (Å²) in [6.07, 6.45) is 6.89. The van der Waals surface area contributed by atoms with Crippen LogP contribution < -0.4 is 9.47 Å². The van der Waals surface area contributed by atoms with Crippen molar-refractivity contribution in [2.75, 3.05) is 20.2 Å². The molecule has 0 aromatic carbocycles. The molecule has 2 heterocycles. The molecule has 0 atom stereocenters. The third-order valence-corrected chi connectivity index (χ3v) is 6.57. The Hall–Kier alpha value is -1.53. The minimum absolute atomic E-state index is 0.0143. The van der Waals surface area contributed by atoms with Crippen LogP contribution in [-0.4, -0.2) is 52.8 Å². The van der Waals surface area contributed by atoms with E-state index in [1.54, 1.807) is 26.3 Å². The maximum absolute atomic E-state index is 12.5. The average Bonchev–Trinajstić information content (AvgIpc) is 2.59. The highest BCUT2D eigenvalue weighted by molar-refractivity contribution is 6.30. The molecule has 3 aliphatic rings. The smallest absolute Gasteiger partial charge is 0.257 e. The van der Waals surface area contributed by atoms with Gasteiger partial charge in [0.2, 0.25) is 5.91 Å². The molecule has 148 valence electrons. The summed E-state index contributed by atoms with van der Waals surface area (Å²) in [5.74, 6) is 1.28. The minimum Gasteiger partial charge on any atom is -0.491 e. The normalized spacial score (nSPS) is 29.8. The van der Waals surface area contributed by atoms with Crippen LogP contribution in [0.25, 0.3) is 0 Å². The number of likely N-dealkylation sites (tertiary alicyclic amines) is 1. The van der Waals surface area contributed by atoms with E-state index in [4.69, 9.17) is 21.1 Å². The van der Waals surface area contributed by atoms with Crippen molar-refractivity contribution in [2.45, 2.75) is 57.2 Å². The number of amides is 1. The molecule has 1 aromatic rings. The molecule has 7 heteroatoms. The standard InChI is InChI=1S/C20H27ClN2O4/c1-19(25)8-13(9-19)18(24)23-11-20(12-23)5-3-15(4-6-20)27-17-16(26-2)7-14(21)10-22-17/h7,10,13,15,25H,3-6,8-9,11-12H2,1-2H3/t13-,19+. The second-order valence-corrected chi connectivity index (χ2v) is 9.21. The second kappa shape index (κ2) is 6.82. The lowest BCUT2D eigenvalue weighted by molar-refractivity contribution is -0.164. The van der Waals surface area contributed by atoms with Gasteiger partial charge in [0.25, 0.3) is 5.88 Å². The third kappa shape index (κ3) is 3.74. The molecule has 4 rings (SSSR count). The van der Waals surface area contributed by atoms with E-state index in [1.165, 1.54) is 0 Å². The zero-order valence-corrected chi connectivity index (χ0v) is 16.7. The van der Waals surface area contributed by atoms with Crippen molar-refractivity contribution in [3.8, 4) is 11.6 Å². The lowest BCUT2D eigenvalue weighted by Crippen LogP contribution is -2.63. The maximum Gasteiger partial charge on any atom is 0.257 e. The Morgan fingerprint density at radius 1 is 1.33 bits per heavy atom. The quantitative estimate of drug-likeness (QED) is 0.849. The number of methoxy groups -OCH3 is 1. The number of carbonyl (C=O) groups is 1. The van der Waals surface area contributed by atoms with Gasteiger partial charge < -0.3 is 19.5 Å². The first-order valence-electron chi connectivity index (χ1n) is 9.67. The van der Waals surface area contributed by atoms with Gasteiger partial charge in [-0.05, 0) is 45.4 Å². The van der Waals surface area contributed by atoms with E-state index in [9.17, 15) is 9.90 Å². The molecule has 2 saturated carbocycles. The minimum atomic E-state index is -0.644. The summed E-state index contributed by atoms with van der Waals surface area (Å²) in [5, 5.41) is 10.4. The number of hydrogen-bond acceptors (Lipinski definition) is 5. The fraction of sp³-hybridized carbons (Fsp3) is 0.700. The molecule has 1 saturated heterocycles. The summed E-state index contributed by atoms with van der Waals surface area (Å²) >= 11 is 5.95. The van der Waals surface area contributed by atoms with Crippen molar-refractivity contribution >= 4 is 17.5 Å². The van der Waals surface area contributed by atoms with E-state index in [0.717, 1.165) is 38.8 Å². The Balaban J connectivity index is 1.26. The topological polar surface area (TPSA) is 71.9 Å². The molecular formula is C20H27ClN2O4. The molecule has 1 N–H and O–H groups in total. The van der Waals surface area contributed by atoms with E-state index in [0.29, 0.717) is 29.5 Å².